The van der Waals surface area contributed by atoms with Crippen LogP contribution in [0.2, 0.25) is 5.02 Å². The predicted molar refractivity (Wildman–Crippen MR) is 86.8 cm³/mol. The molecule has 5 heteroatoms. The summed E-state index contributed by atoms with van der Waals surface area (Å²) in [6.07, 6.45) is 3.94. The third-order valence-electron chi connectivity index (χ3n) is 3.70. The van der Waals surface area contributed by atoms with Crippen molar-refractivity contribution in [3.63, 3.8) is 0 Å². The highest BCUT2D eigenvalue weighted by Crippen LogP contribution is 2.28. The Bertz CT molecular complexity index is 697. The van der Waals surface area contributed by atoms with Gasteiger partial charge in [-0.15, -0.1) is 0 Å². The number of ether oxygens (including phenoxy) is 1. The fourth-order valence-corrected chi connectivity index (χ4v) is 2.74. The molecule has 1 aliphatic heterocycles. The van der Waals surface area contributed by atoms with Gasteiger partial charge in [-0.2, -0.15) is 0 Å². The second-order valence-electron chi connectivity index (χ2n) is 5.39. The highest BCUT2D eigenvalue weighted by atomic mass is 35.5. The van der Waals surface area contributed by atoms with Crippen LogP contribution in [-0.2, 0) is 0 Å². The third-order valence-corrected chi connectivity index (χ3v) is 4.01. The molecule has 0 amide bonds. The van der Waals surface area contributed by atoms with Crippen molar-refractivity contribution in [2.75, 3.05) is 18.0 Å². The minimum Gasteiger partial charge on any atom is -0.421 e. The van der Waals surface area contributed by atoms with E-state index in [4.69, 9.17) is 16.3 Å². The van der Waals surface area contributed by atoms with Crippen LogP contribution < -0.4 is 9.64 Å². The van der Waals surface area contributed by atoms with Gasteiger partial charge in [0.25, 0.3) is 0 Å². The first-order valence-electron chi connectivity index (χ1n) is 7.33. The van der Waals surface area contributed by atoms with Crippen LogP contribution in [0.3, 0.4) is 0 Å². The van der Waals surface area contributed by atoms with E-state index in [9.17, 15) is 4.79 Å². The Morgan fingerprint density at radius 1 is 1.27 bits per heavy atom. The topological polar surface area (TPSA) is 42.4 Å². The van der Waals surface area contributed by atoms with Crippen LogP contribution in [0.25, 0.3) is 0 Å². The van der Waals surface area contributed by atoms with Crippen LogP contribution in [0.15, 0.2) is 36.5 Å². The number of pyridine rings is 1. The number of carbonyl (C=O) groups is 1. The largest absolute Gasteiger partial charge is 0.421 e. The number of nitrogens with zero attached hydrogens (tertiary/aromatic N) is 2. The molecule has 0 bridgehead atoms. The van der Waals surface area contributed by atoms with Crippen molar-refractivity contribution in [1.29, 1.82) is 0 Å². The van der Waals surface area contributed by atoms with Gasteiger partial charge in [-0.1, -0.05) is 17.7 Å². The zero-order chi connectivity index (χ0) is 15.5. The lowest BCUT2D eigenvalue weighted by Gasteiger charge is -2.19. The molecule has 0 radical (unpaired) electrons. The molecule has 4 nitrogen and oxygen atoms in total. The van der Waals surface area contributed by atoms with E-state index in [0.29, 0.717) is 22.2 Å². The number of aryl methyl sites for hydroxylation is 1. The van der Waals surface area contributed by atoms with E-state index in [1.807, 2.05) is 13.0 Å². The van der Waals surface area contributed by atoms with E-state index in [-0.39, 0.29) is 0 Å². The van der Waals surface area contributed by atoms with Gasteiger partial charge < -0.3 is 9.64 Å². The van der Waals surface area contributed by atoms with Gasteiger partial charge in [0.2, 0.25) is 0 Å². The first kappa shape index (κ1) is 14.9. The normalized spacial score (nSPS) is 14.2. The van der Waals surface area contributed by atoms with Crippen molar-refractivity contribution in [3.8, 4) is 5.75 Å². The summed E-state index contributed by atoms with van der Waals surface area (Å²) in [6, 6.07) is 8.84. The van der Waals surface area contributed by atoms with E-state index in [1.165, 1.54) is 0 Å². The Morgan fingerprint density at radius 3 is 2.82 bits per heavy atom. The fourth-order valence-electron chi connectivity index (χ4n) is 2.58. The number of halogens is 1. The van der Waals surface area contributed by atoms with Crippen molar-refractivity contribution in [3.05, 3.63) is 52.7 Å². The smallest absolute Gasteiger partial charge is 0.347 e. The number of benzene rings is 1. The molecule has 0 spiro atoms. The maximum absolute atomic E-state index is 12.5. The number of anilines is 1. The lowest BCUT2D eigenvalue weighted by Crippen LogP contribution is -2.23. The Labute approximate surface area is 134 Å². The van der Waals surface area contributed by atoms with Crippen LogP contribution >= 0.6 is 11.6 Å². The molecular formula is C17H17ClN2O2. The Hall–Kier alpha value is -2.07. The summed E-state index contributed by atoms with van der Waals surface area (Å²) in [4.78, 5) is 19.0. The Kier molecular flexibility index (Phi) is 4.29. The van der Waals surface area contributed by atoms with Crippen molar-refractivity contribution in [2.45, 2.75) is 19.8 Å². The highest BCUT2D eigenvalue weighted by molar-refractivity contribution is 6.32. The molecule has 1 fully saturated rings. The van der Waals surface area contributed by atoms with Gasteiger partial charge in [-0.25, -0.2) is 9.78 Å². The van der Waals surface area contributed by atoms with E-state index in [0.717, 1.165) is 31.5 Å². The number of aromatic nitrogens is 1. The molecule has 0 aliphatic carbocycles. The lowest BCUT2D eigenvalue weighted by atomic mass is 10.2. The molecule has 22 heavy (non-hydrogen) atoms. The van der Waals surface area contributed by atoms with Gasteiger partial charge in [0.15, 0.2) is 0 Å². The molecule has 1 aromatic carbocycles. The van der Waals surface area contributed by atoms with Gasteiger partial charge in [0.1, 0.15) is 17.1 Å². The molecule has 2 aromatic rings. The van der Waals surface area contributed by atoms with Crippen molar-refractivity contribution < 1.29 is 9.53 Å². The number of rotatable bonds is 3. The summed E-state index contributed by atoms with van der Waals surface area (Å²) in [5.74, 6) is 0.638. The molecule has 1 saturated heterocycles. The summed E-state index contributed by atoms with van der Waals surface area (Å²) in [5.41, 5.74) is 1.46. The summed E-state index contributed by atoms with van der Waals surface area (Å²) < 4.78 is 5.47. The molecule has 114 valence electrons. The summed E-state index contributed by atoms with van der Waals surface area (Å²) >= 11 is 6.09. The van der Waals surface area contributed by atoms with Crippen molar-refractivity contribution in [1.82, 2.24) is 4.98 Å². The van der Waals surface area contributed by atoms with E-state index in [1.54, 1.807) is 30.5 Å². The lowest BCUT2D eigenvalue weighted by molar-refractivity contribution is 0.0735. The minimum absolute atomic E-state index is 0.378. The van der Waals surface area contributed by atoms with Gasteiger partial charge in [-0.3, -0.25) is 0 Å². The van der Waals surface area contributed by atoms with E-state index >= 15 is 0 Å². The van der Waals surface area contributed by atoms with Crippen LogP contribution in [0.1, 0.15) is 28.8 Å². The predicted octanol–water partition coefficient (Wildman–Crippen LogP) is 3.86. The Balaban J connectivity index is 1.87. The van der Waals surface area contributed by atoms with Crippen LogP contribution in [0, 0.1) is 6.92 Å². The average Bonchev–Trinajstić information content (AvgIpc) is 3.05. The number of hydrogen-bond donors (Lipinski definition) is 0. The molecule has 0 unspecified atom stereocenters. The maximum Gasteiger partial charge on any atom is 0.347 e. The quantitative estimate of drug-likeness (QED) is 0.637. The van der Waals surface area contributed by atoms with Crippen LogP contribution in [0.4, 0.5) is 5.82 Å². The van der Waals surface area contributed by atoms with Crippen molar-refractivity contribution in [2.24, 2.45) is 0 Å². The molecular weight excluding hydrogens is 300 g/mol. The molecule has 1 aromatic heterocycles. The highest BCUT2D eigenvalue weighted by Gasteiger charge is 2.22. The maximum atomic E-state index is 12.5. The monoisotopic (exact) mass is 316 g/mol. The van der Waals surface area contributed by atoms with Gasteiger partial charge in [0.05, 0.1) is 5.02 Å². The number of esters is 1. The SMILES string of the molecule is Cc1ccc(Cl)c(OC(=O)c2cccnc2N2CCCC2)c1. The molecule has 0 N–H and O–H groups in total. The molecule has 0 atom stereocenters. The molecule has 2 heterocycles. The molecule has 1 aliphatic rings. The second-order valence-corrected chi connectivity index (χ2v) is 5.80. The molecule has 0 saturated carbocycles. The second kappa shape index (κ2) is 6.36. The standard InChI is InChI=1S/C17H17ClN2O2/c1-12-6-7-14(18)15(11-12)22-17(21)13-5-4-8-19-16(13)20-9-2-3-10-20/h4-8,11H,2-3,9-10H2,1H3. The van der Waals surface area contributed by atoms with Crippen molar-refractivity contribution >= 4 is 23.4 Å². The van der Waals surface area contributed by atoms with Gasteiger partial charge >= 0.3 is 5.97 Å². The summed E-state index contributed by atoms with van der Waals surface area (Å²) in [7, 11) is 0. The fraction of sp³-hybridized carbons (Fsp3) is 0.294. The van der Waals surface area contributed by atoms with E-state index in [2.05, 4.69) is 9.88 Å². The van der Waals surface area contributed by atoms with Crippen LogP contribution in [0.5, 0.6) is 5.75 Å². The first-order valence-corrected chi connectivity index (χ1v) is 7.71. The van der Waals surface area contributed by atoms with Gasteiger partial charge in [0, 0.05) is 19.3 Å². The van der Waals surface area contributed by atoms with Crippen LogP contribution in [-0.4, -0.2) is 24.0 Å². The molecule has 3 rings (SSSR count). The minimum atomic E-state index is -0.428. The zero-order valence-electron chi connectivity index (χ0n) is 12.4. The van der Waals surface area contributed by atoms with Gasteiger partial charge in [-0.05, 0) is 49.6 Å². The number of carbonyl (C=O) groups excluding carboxylic acids is 1. The first-order chi connectivity index (χ1) is 10.6. The Morgan fingerprint density at radius 2 is 2.05 bits per heavy atom. The zero-order valence-corrected chi connectivity index (χ0v) is 13.1. The summed E-state index contributed by atoms with van der Waals surface area (Å²) in [5, 5.41) is 0.422. The average molecular weight is 317 g/mol. The third kappa shape index (κ3) is 3.07. The number of hydrogen-bond acceptors (Lipinski definition) is 4. The van der Waals surface area contributed by atoms with E-state index < -0.39 is 5.97 Å². The summed E-state index contributed by atoms with van der Waals surface area (Å²) in [6.45, 7) is 3.76.